The van der Waals surface area contributed by atoms with Gasteiger partial charge in [0.05, 0.1) is 5.52 Å². The molecule has 4 saturated heterocycles. The Morgan fingerprint density at radius 1 is 0.929 bits per heavy atom. The quantitative estimate of drug-likeness (QED) is 0.199. The van der Waals surface area contributed by atoms with Gasteiger partial charge in [0, 0.05) is 78.8 Å². The molecule has 292 valence electrons. The van der Waals surface area contributed by atoms with Gasteiger partial charge in [0.1, 0.15) is 24.2 Å². The minimum absolute atomic E-state index is 0.130. The molecule has 4 amide bonds. The predicted octanol–water partition coefficient (Wildman–Crippen LogP) is 5.10. The summed E-state index contributed by atoms with van der Waals surface area (Å²) in [5, 5.41) is 6.36. The van der Waals surface area contributed by atoms with Gasteiger partial charge < -0.3 is 24.8 Å². The maximum atomic E-state index is 13.1. The number of piperidine rings is 3. The molecule has 0 bridgehead atoms. The first-order chi connectivity index (χ1) is 27.2. The third-order valence-electron chi connectivity index (χ3n) is 13.1. The number of anilines is 2. The van der Waals surface area contributed by atoms with Crippen LogP contribution in [0.25, 0.3) is 10.9 Å². The van der Waals surface area contributed by atoms with Gasteiger partial charge in [-0.1, -0.05) is 0 Å². The van der Waals surface area contributed by atoms with Crippen LogP contribution in [0.4, 0.5) is 11.5 Å². The molecule has 0 radical (unpaired) electrons. The van der Waals surface area contributed by atoms with Crippen LogP contribution in [0.2, 0.25) is 0 Å². The number of carbonyl (C=O) groups is 4. The number of aromatic nitrogens is 2. The van der Waals surface area contributed by atoms with E-state index in [0.717, 1.165) is 86.4 Å². The van der Waals surface area contributed by atoms with Crippen molar-refractivity contribution in [2.24, 2.45) is 5.41 Å². The van der Waals surface area contributed by atoms with E-state index < -0.39 is 6.04 Å². The highest BCUT2D eigenvalue weighted by molar-refractivity contribution is 6.06. The smallest absolute Gasteiger partial charge is 0.256 e. The van der Waals surface area contributed by atoms with Crippen LogP contribution in [0, 0.1) is 5.41 Å². The van der Waals surface area contributed by atoms with Gasteiger partial charge in [0.2, 0.25) is 11.8 Å². The number of rotatable bonds is 9. The Labute approximate surface area is 326 Å². The van der Waals surface area contributed by atoms with Crippen LogP contribution < -0.4 is 20.3 Å². The highest BCUT2D eigenvalue weighted by atomic mass is 16.5. The lowest BCUT2D eigenvalue weighted by Gasteiger charge is -2.47. The summed E-state index contributed by atoms with van der Waals surface area (Å²) >= 11 is 0. The standard InChI is InChI=1S/C43H50N8O5/c1-48-16-2-3-36(48)35-24-29-26-44-38(25-34(29)45-35)46-40(53)28-4-7-32(8-5-28)56-22-21-49-17-12-43(13-18-49)14-19-50(20-15-43)31-6-9-33-30(23-31)27-51(42(33)55)37-10-11-39(52)47-41(37)54/h4-9,23-26,36-37,45H,2-3,10-22,27H2,1H3,(H,44,46,53)(H,47,52,54)/t36-,37?/m1/s1. The molecule has 1 spiro atoms. The number of amides is 4. The number of likely N-dealkylation sites (tertiary alicyclic amines) is 2. The lowest BCUT2D eigenvalue weighted by molar-refractivity contribution is -0.136. The summed E-state index contributed by atoms with van der Waals surface area (Å²) in [5.41, 5.74) is 5.82. The highest BCUT2D eigenvalue weighted by Crippen LogP contribution is 2.43. The van der Waals surface area contributed by atoms with Crippen LogP contribution in [-0.2, 0) is 16.1 Å². The predicted molar refractivity (Wildman–Crippen MR) is 213 cm³/mol. The van der Waals surface area contributed by atoms with Crippen LogP contribution >= 0.6 is 0 Å². The summed E-state index contributed by atoms with van der Waals surface area (Å²) in [6.07, 6.45) is 9.42. The molecule has 3 N–H and O–H groups in total. The molecule has 2 atom stereocenters. The van der Waals surface area contributed by atoms with Crippen molar-refractivity contribution in [2.75, 3.05) is 63.1 Å². The maximum Gasteiger partial charge on any atom is 0.256 e. The average Bonchev–Trinajstić information content (AvgIpc) is 3.92. The Bertz CT molecular complexity index is 2150. The van der Waals surface area contributed by atoms with Crippen LogP contribution in [0.1, 0.15) is 89.4 Å². The molecule has 1 unspecified atom stereocenters. The van der Waals surface area contributed by atoms with E-state index in [4.69, 9.17) is 4.74 Å². The number of pyridine rings is 1. The number of imide groups is 1. The van der Waals surface area contributed by atoms with E-state index >= 15 is 0 Å². The molecule has 2 aromatic carbocycles. The second kappa shape index (κ2) is 15.0. The molecule has 5 aliphatic rings. The van der Waals surface area contributed by atoms with Crippen molar-refractivity contribution < 1.29 is 23.9 Å². The lowest BCUT2D eigenvalue weighted by Crippen LogP contribution is -2.52. The van der Waals surface area contributed by atoms with Gasteiger partial charge in [0.25, 0.3) is 11.8 Å². The normalized spacial score (nSPS) is 22.8. The Balaban J connectivity index is 0.707. The molecule has 4 aromatic rings. The number of benzene rings is 2. The van der Waals surface area contributed by atoms with Gasteiger partial charge in [-0.05, 0) is 131 Å². The van der Waals surface area contributed by atoms with Gasteiger partial charge in [-0.25, -0.2) is 4.98 Å². The molecule has 7 heterocycles. The number of nitrogens with one attached hydrogen (secondary N) is 3. The Hall–Kier alpha value is -5.27. The zero-order valence-corrected chi connectivity index (χ0v) is 32.0. The van der Waals surface area contributed by atoms with Gasteiger partial charge in [-0.3, -0.25) is 34.3 Å². The molecule has 56 heavy (non-hydrogen) atoms. The van der Waals surface area contributed by atoms with E-state index in [0.29, 0.717) is 48.0 Å². The molecule has 2 aromatic heterocycles. The Morgan fingerprint density at radius 2 is 1.71 bits per heavy atom. The van der Waals surface area contributed by atoms with Crippen molar-refractivity contribution in [3.63, 3.8) is 0 Å². The number of H-pyrrole nitrogens is 1. The molecule has 13 heteroatoms. The van der Waals surface area contributed by atoms with E-state index in [9.17, 15) is 19.2 Å². The fourth-order valence-corrected chi connectivity index (χ4v) is 9.53. The molecule has 5 aliphatic heterocycles. The summed E-state index contributed by atoms with van der Waals surface area (Å²) in [4.78, 5) is 67.2. The largest absolute Gasteiger partial charge is 0.492 e. The molecule has 0 saturated carbocycles. The van der Waals surface area contributed by atoms with Crippen LogP contribution in [0.5, 0.6) is 5.75 Å². The molecule has 13 nitrogen and oxygen atoms in total. The van der Waals surface area contributed by atoms with Gasteiger partial charge in [-0.15, -0.1) is 0 Å². The Kier molecular flexibility index (Phi) is 9.74. The van der Waals surface area contributed by atoms with Crippen LogP contribution in [0.15, 0.2) is 60.8 Å². The summed E-state index contributed by atoms with van der Waals surface area (Å²) in [6, 6.07) is 17.2. The summed E-state index contributed by atoms with van der Waals surface area (Å²) in [5.74, 6) is 0.276. The SMILES string of the molecule is CN1CCC[C@@H]1c1cc2cnc(NC(=O)c3ccc(OCCN4CCC5(CC4)CCN(c4ccc6c(c4)CN(C4CCC(=O)NC4=O)C6=O)CC5)cc3)cc2[nH]1. The first kappa shape index (κ1) is 36.4. The van der Waals surface area contributed by atoms with Gasteiger partial charge in [-0.2, -0.15) is 0 Å². The van der Waals surface area contributed by atoms with E-state index in [2.05, 4.69) is 54.5 Å². The number of aromatic amines is 1. The number of fused-ring (bicyclic) bond motifs is 2. The fraction of sp³-hybridized carbons (Fsp3) is 0.465. The molecule has 9 rings (SSSR count). The van der Waals surface area contributed by atoms with E-state index in [1.165, 1.54) is 25.0 Å². The van der Waals surface area contributed by atoms with Crippen molar-refractivity contribution >= 4 is 46.0 Å². The van der Waals surface area contributed by atoms with E-state index in [1.54, 1.807) is 17.0 Å². The molecular formula is C43H50N8O5. The van der Waals surface area contributed by atoms with Crippen molar-refractivity contribution in [1.82, 2.24) is 30.0 Å². The minimum atomic E-state index is -0.594. The maximum absolute atomic E-state index is 13.1. The lowest BCUT2D eigenvalue weighted by atomic mass is 9.71. The first-order valence-corrected chi connectivity index (χ1v) is 20.2. The van der Waals surface area contributed by atoms with Crippen molar-refractivity contribution in [1.29, 1.82) is 0 Å². The number of ether oxygens (including phenoxy) is 1. The summed E-state index contributed by atoms with van der Waals surface area (Å²) < 4.78 is 6.09. The monoisotopic (exact) mass is 758 g/mol. The Morgan fingerprint density at radius 3 is 2.46 bits per heavy atom. The molecule has 0 aliphatic carbocycles. The second-order valence-corrected chi connectivity index (χ2v) is 16.4. The van der Waals surface area contributed by atoms with E-state index in [1.807, 2.05) is 36.5 Å². The third-order valence-corrected chi connectivity index (χ3v) is 13.1. The molecule has 4 fully saturated rings. The summed E-state index contributed by atoms with van der Waals surface area (Å²) in [6.45, 7) is 7.04. The van der Waals surface area contributed by atoms with E-state index in [-0.39, 0.29) is 30.0 Å². The fourth-order valence-electron chi connectivity index (χ4n) is 9.53. The topological polar surface area (TPSA) is 143 Å². The number of carbonyl (C=O) groups excluding carboxylic acids is 4. The molecular weight excluding hydrogens is 709 g/mol. The first-order valence-electron chi connectivity index (χ1n) is 20.2. The zero-order valence-electron chi connectivity index (χ0n) is 32.0. The van der Waals surface area contributed by atoms with Gasteiger partial charge in [0.15, 0.2) is 0 Å². The third kappa shape index (κ3) is 7.25. The average molecular weight is 759 g/mol. The minimum Gasteiger partial charge on any atom is -0.492 e. The van der Waals surface area contributed by atoms with Crippen molar-refractivity contribution in [3.05, 3.63) is 83.2 Å². The van der Waals surface area contributed by atoms with Crippen molar-refractivity contribution in [2.45, 2.75) is 70.0 Å². The van der Waals surface area contributed by atoms with Crippen LogP contribution in [0.3, 0.4) is 0 Å². The van der Waals surface area contributed by atoms with Gasteiger partial charge >= 0.3 is 0 Å². The van der Waals surface area contributed by atoms with Crippen LogP contribution in [-0.4, -0.2) is 107 Å². The number of hydrogen-bond acceptors (Lipinski definition) is 9. The second-order valence-electron chi connectivity index (χ2n) is 16.4. The highest BCUT2D eigenvalue weighted by Gasteiger charge is 2.40. The van der Waals surface area contributed by atoms with Crippen molar-refractivity contribution in [3.8, 4) is 5.75 Å². The number of hydrogen-bond donors (Lipinski definition) is 3. The summed E-state index contributed by atoms with van der Waals surface area (Å²) in [7, 11) is 2.16. The zero-order chi connectivity index (χ0) is 38.4. The number of nitrogens with zero attached hydrogens (tertiary/aromatic N) is 5.